The molecule has 1 spiro atoms. The number of ketones is 1. The number of benzene rings is 4. The summed E-state index contributed by atoms with van der Waals surface area (Å²) in [6.45, 7) is 0.661. The predicted molar refractivity (Wildman–Crippen MR) is 152 cm³/mol. The first-order valence-electron chi connectivity index (χ1n) is 13.1. The number of Topliss-reactive ketones (excluding diaryl/α,β-unsaturated/α-hetero) is 1. The Balaban J connectivity index is 1.52. The maximum atomic E-state index is 14.9. The minimum absolute atomic E-state index is 0.0200. The predicted octanol–water partition coefficient (Wildman–Crippen LogP) is 6.42. The molecule has 1 N–H and O–H groups in total. The van der Waals surface area contributed by atoms with Gasteiger partial charge in [-0.15, -0.1) is 0 Å². The number of carbonyl (C=O) groups is 2. The van der Waals surface area contributed by atoms with Crippen LogP contribution in [0.4, 0.5) is 11.4 Å². The second kappa shape index (κ2) is 8.83. The summed E-state index contributed by atoms with van der Waals surface area (Å²) >= 11 is 3.59. The van der Waals surface area contributed by atoms with Crippen LogP contribution in [0.15, 0.2) is 89.4 Å². The van der Waals surface area contributed by atoms with E-state index in [-0.39, 0.29) is 23.4 Å². The molecule has 0 aromatic heterocycles. The van der Waals surface area contributed by atoms with E-state index in [1.54, 1.807) is 12.1 Å². The third kappa shape index (κ3) is 3.38. The summed E-state index contributed by atoms with van der Waals surface area (Å²) in [5.41, 5.74) is 1.50. The maximum absolute atomic E-state index is 14.9. The van der Waals surface area contributed by atoms with Gasteiger partial charge in [0.2, 0.25) is 5.91 Å². The number of fused-ring (bicyclic) bond motifs is 5. The first-order chi connectivity index (χ1) is 18.9. The van der Waals surface area contributed by atoms with E-state index < -0.39 is 22.3 Å². The summed E-state index contributed by atoms with van der Waals surface area (Å²) in [5, 5.41) is 16.6. The molecule has 39 heavy (non-hydrogen) atoms. The fourth-order valence-electron chi connectivity index (χ4n) is 7.36. The zero-order valence-electron chi connectivity index (χ0n) is 20.8. The number of nitrogens with one attached hydrogen (secondary N) is 1. The molecule has 4 aromatic carbocycles. The SMILES string of the molecule is O=C(c1cccc2ccccc12)C1C(c2cccc([N+](=O)[O-])c2)C2CCCN2[C@@]12C(=O)Nc1ccc(Br)cc12. The average Bonchev–Trinajstić information content (AvgIpc) is 3.61. The van der Waals surface area contributed by atoms with Gasteiger partial charge in [0, 0.05) is 45.4 Å². The van der Waals surface area contributed by atoms with E-state index in [0.29, 0.717) is 23.4 Å². The molecular weight excluding hydrogens is 558 g/mol. The number of anilines is 1. The second-order valence-corrected chi connectivity index (χ2v) is 11.5. The third-order valence-corrected chi connectivity index (χ3v) is 9.26. The van der Waals surface area contributed by atoms with E-state index in [4.69, 9.17) is 0 Å². The lowest BCUT2D eigenvalue weighted by Gasteiger charge is -2.37. The third-order valence-electron chi connectivity index (χ3n) is 8.77. The number of nitrogens with zero attached hydrogens (tertiary/aromatic N) is 2. The van der Waals surface area contributed by atoms with Crippen LogP contribution in [0.5, 0.6) is 0 Å². The fraction of sp³-hybridized carbons (Fsp3) is 0.226. The monoisotopic (exact) mass is 581 g/mol. The Labute approximate surface area is 233 Å². The van der Waals surface area contributed by atoms with E-state index in [1.807, 2.05) is 66.7 Å². The zero-order chi connectivity index (χ0) is 26.9. The summed E-state index contributed by atoms with van der Waals surface area (Å²) in [5.74, 6) is -1.53. The van der Waals surface area contributed by atoms with E-state index in [1.165, 1.54) is 6.07 Å². The normalized spacial score (nSPS) is 25.6. The van der Waals surface area contributed by atoms with Crippen molar-refractivity contribution in [2.75, 3.05) is 11.9 Å². The number of non-ortho nitro benzene ring substituents is 1. The Morgan fingerprint density at radius 2 is 1.82 bits per heavy atom. The van der Waals surface area contributed by atoms with E-state index >= 15 is 0 Å². The van der Waals surface area contributed by atoms with Crippen LogP contribution in [-0.4, -0.2) is 34.1 Å². The maximum Gasteiger partial charge on any atom is 0.269 e. The molecule has 3 aliphatic rings. The van der Waals surface area contributed by atoms with Gasteiger partial charge in [-0.25, -0.2) is 0 Å². The molecule has 7 rings (SSSR count). The van der Waals surface area contributed by atoms with Crippen LogP contribution in [-0.2, 0) is 10.3 Å². The number of carbonyl (C=O) groups excluding carboxylic acids is 2. The van der Waals surface area contributed by atoms with Crippen molar-refractivity contribution in [1.82, 2.24) is 4.90 Å². The fourth-order valence-corrected chi connectivity index (χ4v) is 7.72. The number of nitro benzene ring substituents is 1. The lowest BCUT2D eigenvalue weighted by Crippen LogP contribution is -2.52. The Morgan fingerprint density at radius 1 is 1.03 bits per heavy atom. The molecule has 0 aliphatic carbocycles. The summed E-state index contributed by atoms with van der Waals surface area (Å²) < 4.78 is 0.822. The van der Waals surface area contributed by atoms with Gasteiger partial charge in [0.05, 0.1) is 10.8 Å². The van der Waals surface area contributed by atoms with Gasteiger partial charge in [-0.05, 0) is 53.9 Å². The number of nitro groups is 1. The van der Waals surface area contributed by atoms with Gasteiger partial charge in [-0.1, -0.05) is 70.5 Å². The summed E-state index contributed by atoms with van der Waals surface area (Å²) in [6, 6.07) is 25.6. The quantitative estimate of drug-likeness (QED) is 0.170. The highest BCUT2D eigenvalue weighted by atomic mass is 79.9. The van der Waals surface area contributed by atoms with Crippen LogP contribution in [0.25, 0.3) is 10.8 Å². The largest absolute Gasteiger partial charge is 0.324 e. The molecule has 194 valence electrons. The molecule has 4 atom stereocenters. The van der Waals surface area contributed by atoms with Gasteiger partial charge >= 0.3 is 0 Å². The van der Waals surface area contributed by atoms with Crippen LogP contribution in [0.2, 0.25) is 0 Å². The smallest absolute Gasteiger partial charge is 0.269 e. The molecule has 0 saturated carbocycles. The molecule has 4 aromatic rings. The molecule has 2 fully saturated rings. The van der Waals surface area contributed by atoms with Crippen LogP contribution < -0.4 is 5.32 Å². The lowest BCUT2D eigenvalue weighted by molar-refractivity contribution is -0.384. The molecule has 7 nitrogen and oxygen atoms in total. The van der Waals surface area contributed by atoms with Gasteiger partial charge in [-0.3, -0.25) is 24.6 Å². The average molecular weight is 582 g/mol. The number of rotatable bonds is 4. The first-order valence-corrected chi connectivity index (χ1v) is 13.8. The van der Waals surface area contributed by atoms with Gasteiger partial charge in [-0.2, -0.15) is 0 Å². The highest BCUT2D eigenvalue weighted by Gasteiger charge is 2.69. The van der Waals surface area contributed by atoms with Crippen molar-refractivity contribution in [3.05, 3.63) is 116 Å². The van der Waals surface area contributed by atoms with Crippen LogP contribution in [0, 0.1) is 16.0 Å². The van der Waals surface area contributed by atoms with Crippen molar-refractivity contribution < 1.29 is 14.5 Å². The van der Waals surface area contributed by atoms with Gasteiger partial charge in [0.15, 0.2) is 5.78 Å². The summed E-state index contributed by atoms with van der Waals surface area (Å²) in [4.78, 5) is 42.7. The standard InChI is InChI=1S/C31H24BrN3O4/c32-20-13-14-25-24(17-20)31(30(37)33-25)28(29(36)23-11-4-7-18-6-1-2-10-22(18)23)27(26-12-5-15-34(26)31)19-8-3-9-21(16-19)35(38)39/h1-4,6-11,13-14,16-17,26-28H,5,12,15H2,(H,33,37)/t26?,27?,28?,31-/m1/s1. The zero-order valence-corrected chi connectivity index (χ0v) is 22.4. The van der Waals surface area contributed by atoms with Crippen LogP contribution in [0.3, 0.4) is 0 Å². The molecule has 3 aliphatic heterocycles. The molecule has 1 amide bonds. The van der Waals surface area contributed by atoms with Crippen molar-refractivity contribution in [3.63, 3.8) is 0 Å². The summed E-state index contributed by atoms with van der Waals surface area (Å²) in [6.07, 6.45) is 1.68. The summed E-state index contributed by atoms with van der Waals surface area (Å²) in [7, 11) is 0. The van der Waals surface area contributed by atoms with Crippen molar-refractivity contribution in [2.24, 2.45) is 5.92 Å². The molecule has 8 heteroatoms. The Kier molecular flexibility index (Phi) is 5.47. The van der Waals surface area contributed by atoms with Gasteiger partial charge in [0.25, 0.3) is 5.69 Å². The highest BCUT2D eigenvalue weighted by molar-refractivity contribution is 9.10. The first kappa shape index (κ1) is 24.2. The Morgan fingerprint density at radius 3 is 2.67 bits per heavy atom. The number of halogens is 1. The van der Waals surface area contributed by atoms with Crippen molar-refractivity contribution in [3.8, 4) is 0 Å². The lowest BCUT2D eigenvalue weighted by atomic mass is 9.68. The van der Waals surface area contributed by atoms with E-state index in [2.05, 4.69) is 26.1 Å². The molecule has 3 heterocycles. The Bertz CT molecular complexity index is 1700. The van der Waals surface area contributed by atoms with Gasteiger partial charge in [0.1, 0.15) is 5.54 Å². The molecule has 0 radical (unpaired) electrons. The van der Waals surface area contributed by atoms with Crippen LogP contribution >= 0.6 is 15.9 Å². The number of hydrogen-bond acceptors (Lipinski definition) is 5. The van der Waals surface area contributed by atoms with E-state index in [0.717, 1.165) is 33.7 Å². The molecule has 2 saturated heterocycles. The van der Waals surface area contributed by atoms with Crippen molar-refractivity contribution >= 4 is 49.8 Å². The molecule has 0 bridgehead atoms. The number of hydrogen-bond donors (Lipinski definition) is 1. The van der Waals surface area contributed by atoms with Crippen molar-refractivity contribution in [1.29, 1.82) is 0 Å². The topological polar surface area (TPSA) is 92.5 Å². The van der Waals surface area contributed by atoms with Crippen LogP contribution in [0.1, 0.15) is 40.2 Å². The van der Waals surface area contributed by atoms with E-state index in [9.17, 15) is 19.7 Å². The van der Waals surface area contributed by atoms with Gasteiger partial charge < -0.3 is 5.32 Å². The minimum Gasteiger partial charge on any atom is -0.324 e. The van der Waals surface area contributed by atoms with Crippen molar-refractivity contribution in [2.45, 2.75) is 30.3 Å². The minimum atomic E-state index is -1.23. The number of amides is 1. The second-order valence-electron chi connectivity index (χ2n) is 10.6. The molecule has 3 unspecified atom stereocenters. The highest BCUT2D eigenvalue weighted by Crippen LogP contribution is 2.61. The Hall–Kier alpha value is -3.88. The molecular formula is C31H24BrN3O4.